The molecule has 0 aliphatic carbocycles. The first kappa shape index (κ1) is 12.1. The van der Waals surface area contributed by atoms with Crippen LogP contribution in [0.1, 0.15) is 25.3 Å². The number of aliphatic hydroxyl groups is 1. The first-order valence-electron chi connectivity index (χ1n) is 5.95. The molecule has 3 heteroatoms. The van der Waals surface area contributed by atoms with E-state index in [1.165, 1.54) is 0 Å². The fourth-order valence-corrected chi connectivity index (χ4v) is 2.60. The highest BCUT2D eigenvalue weighted by Gasteiger charge is 2.53. The molecule has 1 aromatic rings. The van der Waals surface area contributed by atoms with Gasteiger partial charge in [0.1, 0.15) is 11.0 Å². The van der Waals surface area contributed by atoms with Gasteiger partial charge in [-0.1, -0.05) is 37.3 Å². The summed E-state index contributed by atoms with van der Waals surface area (Å²) in [4.78, 5) is 0. The summed E-state index contributed by atoms with van der Waals surface area (Å²) in [6.07, 6.45) is 1.09. The van der Waals surface area contributed by atoms with Crippen LogP contribution in [0.25, 0.3) is 0 Å². The molecule has 0 radical (unpaired) electrons. The molecule has 0 saturated carbocycles. The van der Waals surface area contributed by atoms with E-state index in [2.05, 4.69) is 6.07 Å². The Hall–Kier alpha value is -1.37. The zero-order chi connectivity index (χ0) is 12.4. The molecular weight excluding hydrogens is 214 g/mol. The van der Waals surface area contributed by atoms with Gasteiger partial charge in [0.2, 0.25) is 0 Å². The Morgan fingerprint density at radius 1 is 1.47 bits per heavy atom. The van der Waals surface area contributed by atoms with Gasteiger partial charge in [-0.25, -0.2) is 0 Å². The molecule has 2 unspecified atom stereocenters. The molecule has 2 atom stereocenters. The lowest BCUT2D eigenvalue weighted by Crippen LogP contribution is -2.45. The van der Waals surface area contributed by atoms with Crippen LogP contribution < -0.4 is 0 Å². The van der Waals surface area contributed by atoms with Crippen molar-refractivity contribution in [3.05, 3.63) is 35.9 Å². The molecule has 2 rings (SSSR count). The van der Waals surface area contributed by atoms with Gasteiger partial charge in [-0.3, -0.25) is 0 Å². The van der Waals surface area contributed by atoms with Crippen LogP contribution in [-0.4, -0.2) is 18.3 Å². The van der Waals surface area contributed by atoms with E-state index in [1.54, 1.807) is 0 Å². The molecule has 1 saturated heterocycles. The zero-order valence-electron chi connectivity index (χ0n) is 10.0. The molecular formula is C14H17NO2. The lowest BCUT2D eigenvalue weighted by atomic mass is 9.67. The highest BCUT2D eigenvalue weighted by molar-refractivity contribution is 5.29. The summed E-state index contributed by atoms with van der Waals surface area (Å²) >= 11 is 0. The van der Waals surface area contributed by atoms with Gasteiger partial charge in [-0.2, -0.15) is 5.26 Å². The number of ether oxygens (including phenoxy) is 1. The van der Waals surface area contributed by atoms with Crippen molar-refractivity contribution in [3.8, 4) is 6.07 Å². The Labute approximate surface area is 102 Å². The molecule has 0 aromatic heterocycles. The molecule has 1 aromatic carbocycles. The SMILES string of the molecule is CCC(O)(c1ccccc1)C1(C#N)CCOC1. The number of benzene rings is 1. The summed E-state index contributed by atoms with van der Waals surface area (Å²) in [5, 5.41) is 20.4. The molecule has 1 aliphatic rings. The number of hydrogen-bond acceptors (Lipinski definition) is 3. The van der Waals surface area contributed by atoms with Crippen molar-refractivity contribution in [2.45, 2.75) is 25.4 Å². The molecule has 1 aliphatic heterocycles. The maximum absolute atomic E-state index is 10.9. The van der Waals surface area contributed by atoms with Crippen LogP contribution in [0.15, 0.2) is 30.3 Å². The van der Waals surface area contributed by atoms with Gasteiger partial charge < -0.3 is 9.84 Å². The molecule has 0 amide bonds. The monoisotopic (exact) mass is 231 g/mol. The molecule has 1 N–H and O–H groups in total. The topological polar surface area (TPSA) is 53.2 Å². The maximum atomic E-state index is 10.9. The van der Waals surface area contributed by atoms with Gasteiger partial charge in [-0.05, 0) is 18.4 Å². The molecule has 0 spiro atoms. The van der Waals surface area contributed by atoms with Gasteiger partial charge in [0.15, 0.2) is 0 Å². The average molecular weight is 231 g/mol. The van der Waals surface area contributed by atoms with Crippen molar-refractivity contribution in [1.29, 1.82) is 5.26 Å². The van der Waals surface area contributed by atoms with Crippen LogP contribution in [0.4, 0.5) is 0 Å². The first-order valence-corrected chi connectivity index (χ1v) is 5.95. The fraction of sp³-hybridized carbons (Fsp3) is 0.500. The van der Waals surface area contributed by atoms with Crippen LogP contribution in [0.3, 0.4) is 0 Å². The van der Waals surface area contributed by atoms with Crippen LogP contribution in [0.5, 0.6) is 0 Å². The average Bonchev–Trinajstić information content (AvgIpc) is 2.89. The van der Waals surface area contributed by atoms with E-state index in [0.29, 0.717) is 26.1 Å². The second kappa shape index (κ2) is 4.48. The minimum Gasteiger partial charge on any atom is -0.383 e. The Bertz CT molecular complexity index is 418. The fourth-order valence-electron chi connectivity index (χ4n) is 2.60. The van der Waals surface area contributed by atoms with Crippen molar-refractivity contribution in [1.82, 2.24) is 0 Å². The normalized spacial score (nSPS) is 27.4. The Balaban J connectivity index is 2.48. The Kier molecular flexibility index (Phi) is 3.19. The third kappa shape index (κ3) is 1.74. The summed E-state index contributed by atoms with van der Waals surface area (Å²) in [5.74, 6) is 0. The van der Waals surface area contributed by atoms with Crippen LogP contribution in [0, 0.1) is 16.7 Å². The van der Waals surface area contributed by atoms with E-state index < -0.39 is 11.0 Å². The summed E-state index contributed by atoms with van der Waals surface area (Å²) in [5.41, 5.74) is -1.14. The summed E-state index contributed by atoms with van der Waals surface area (Å²) in [6, 6.07) is 11.7. The first-order chi connectivity index (χ1) is 8.18. The largest absolute Gasteiger partial charge is 0.383 e. The van der Waals surface area contributed by atoms with Crippen molar-refractivity contribution >= 4 is 0 Å². The quantitative estimate of drug-likeness (QED) is 0.867. The Morgan fingerprint density at radius 2 is 2.18 bits per heavy atom. The minimum atomic E-state index is -1.13. The minimum absolute atomic E-state index is 0.308. The van der Waals surface area contributed by atoms with Crippen molar-refractivity contribution in [3.63, 3.8) is 0 Å². The smallest absolute Gasteiger partial charge is 0.115 e. The summed E-state index contributed by atoms with van der Waals surface area (Å²) in [6.45, 7) is 2.76. The Morgan fingerprint density at radius 3 is 2.65 bits per heavy atom. The molecule has 0 bridgehead atoms. The van der Waals surface area contributed by atoms with E-state index in [1.807, 2.05) is 37.3 Å². The highest BCUT2D eigenvalue weighted by atomic mass is 16.5. The molecule has 90 valence electrons. The summed E-state index contributed by atoms with van der Waals surface area (Å²) < 4.78 is 5.34. The van der Waals surface area contributed by atoms with E-state index in [4.69, 9.17) is 4.74 Å². The standard InChI is InChI=1S/C14H17NO2/c1-2-14(16,12-6-4-3-5-7-12)13(10-15)8-9-17-11-13/h3-7,16H,2,8-9,11H2,1H3. The third-order valence-electron chi connectivity index (χ3n) is 3.79. The van der Waals surface area contributed by atoms with Crippen LogP contribution in [-0.2, 0) is 10.3 Å². The zero-order valence-corrected chi connectivity index (χ0v) is 10.0. The molecule has 17 heavy (non-hydrogen) atoms. The highest BCUT2D eigenvalue weighted by Crippen LogP contribution is 2.47. The molecule has 1 fully saturated rings. The third-order valence-corrected chi connectivity index (χ3v) is 3.79. The molecule has 3 nitrogen and oxygen atoms in total. The number of nitrogens with zero attached hydrogens (tertiary/aromatic N) is 1. The number of hydrogen-bond donors (Lipinski definition) is 1. The number of rotatable bonds is 3. The van der Waals surface area contributed by atoms with Crippen molar-refractivity contribution in [2.75, 3.05) is 13.2 Å². The van der Waals surface area contributed by atoms with Gasteiger partial charge in [-0.15, -0.1) is 0 Å². The second-order valence-corrected chi connectivity index (χ2v) is 4.58. The predicted molar refractivity (Wildman–Crippen MR) is 64.1 cm³/mol. The van der Waals surface area contributed by atoms with E-state index in [-0.39, 0.29) is 0 Å². The summed E-state index contributed by atoms with van der Waals surface area (Å²) in [7, 11) is 0. The number of nitriles is 1. The van der Waals surface area contributed by atoms with Crippen molar-refractivity contribution in [2.24, 2.45) is 5.41 Å². The maximum Gasteiger partial charge on any atom is 0.115 e. The van der Waals surface area contributed by atoms with Crippen molar-refractivity contribution < 1.29 is 9.84 Å². The van der Waals surface area contributed by atoms with Gasteiger partial charge in [0.05, 0.1) is 12.7 Å². The van der Waals surface area contributed by atoms with E-state index in [9.17, 15) is 10.4 Å². The van der Waals surface area contributed by atoms with E-state index >= 15 is 0 Å². The van der Waals surface area contributed by atoms with Crippen LogP contribution in [0.2, 0.25) is 0 Å². The second-order valence-electron chi connectivity index (χ2n) is 4.58. The predicted octanol–water partition coefficient (Wildman–Crippen LogP) is 2.21. The molecule has 1 heterocycles. The van der Waals surface area contributed by atoms with Gasteiger partial charge in [0.25, 0.3) is 0 Å². The lowest BCUT2D eigenvalue weighted by molar-refractivity contribution is -0.0675. The van der Waals surface area contributed by atoms with E-state index in [0.717, 1.165) is 5.56 Å². The lowest BCUT2D eigenvalue weighted by Gasteiger charge is -2.39. The van der Waals surface area contributed by atoms with Crippen LogP contribution >= 0.6 is 0 Å². The van der Waals surface area contributed by atoms with Gasteiger partial charge in [0, 0.05) is 6.61 Å². The van der Waals surface area contributed by atoms with Gasteiger partial charge >= 0.3 is 0 Å².